The number of imide groups is 1. The lowest BCUT2D eigenvalue weighted by Gasteiger charge is -2.15. The standard InChI is InChI=1S/C11H13NO5/c13-7(14)3-4-12-10(15)8-5-1-2-6(17-5)9(8)11(12)16/h5-6,8-9H,1-4H2,(H,13,14)/t5-,6+,8-,9-/m1/s1. The molecule has 92 valence electrons. The van der Waals surface area contributed by atoms with Crippen LogP contribution in [0.15, 0.2) is 0 Å². The van der Waals surface area contributed by atoms with Crippen molar-refractivity contribution in [2.24, 2.45) is 11.8 Å². The highest BCUT2D eigenvalue weighted by Crippen LogP contribution is 2.48. The molecule has 3 rings (SSSR count). The van der Waals surface area contributed by atoms with Gasteiger partial charge in [-0.15, -0.1) is 0 Å². The third-order valence-electron chi connectivity index (χ3n) is 3.92. The SMILES string of the molecule is O=C(O)CCN1C(=O)[C@H]2[C@H](C1=O)[C@H]1CC[C@@H]2O1. The number of aliphatic carboxylic acids is 1. The molecule has 0 saturated carbocycles. The molecule has 3 fully saturated rings. The number of amides is 2. The fourth-order valence-corrected chi connectivity index (χ4v) is 3.20. The summed E-state index contributed by atoms with van der Waals surface area (Å²) in [6, 6.07) is 0. The molecule has 4 atom stereocenters. The highest BCUT2D eigenvalue weighted by Gasteiger charge is 2.62. The lowest BCUT2D eigenvalue weighted by Crippen LogP contribution is -2.35. The zero-order valence-corrected chi connectivity index (χ0v) is 9.17. The summed E-state index contributed by atoms with van der Waals surface area (Å²) >= 11 is 0. The van der Waals surface area contributed by atoms with Crippen molar-refractivity contribution in [1.29, 1.82) is 0 Å². The van der Waals surface area contributed by atoms with Gasteiger partial charge in [-0.2, -0.15) is 0 Å². The second-order valence-corrected chi connectivity index (χ2v) is 4.81. The van der Waals surface area contributed by atoms with E-state index in [0.717, 1.165) is 17.7 Å². The molecule has 0 aromatic carbocycles. The van der Waals surface area contributed by atoms with E-state index in [4.69, 9.17) is 9.84 Å². The van der Waals surface area contributed by atoms with E-state index in [2.05, 4.69) is 0 Å². The quantitative estimate of drug-likeness (QED) is 0.679. The number of nitrogens with zero attached hydrogens (tertiary/aromatic N) is 1. The van der Waals surface area contributed by atoms with E-state index in [9.17, 15) is 14.4 Å². The number of rotatable bonds is 3. The van der Waals surface area contributed by atoms with Crippen molar-refractivity contribution in [3.8, 4) is 0 Å². The molecule has 0 aromatic rings. The summed E-state index contributed by atoms with van der Waals surface area (Å²) in [4.78, 5) is 35.7. The smallest absolute Gasteiger partial charge is 0.305 e. The zero-order valence-electron chi connectivity index (χ0n) is 9.17. The summed E-state index contributed by atoms with van der Waals surface area (Å²) < 4.78 is 5.57. The molecule has 6 nitrogen and oxygen atoms in total. The molecule has 1 N–H and O–H groups in total. The molecule has 2 bridgehead atoms. The molecule has 3 saturated heterocycles. The van der Waals surface area contributed by atoms with Crippen LogP contribution in [0, 0.1) is 11.8 Å². The van der Waals surface area contributed by atoms with E-state index in [1.807, 2.05) is 0 Å². The van der Waals surface area contributed by atoms with Crippen LogP contribution in [0.1, 0.15) is 19.3 Å². The van der Waals surface area contributed by atoms with Crippen molar-refractivity contribution < 1.29 is 24.2 Å². The number of hydrogen-bond donors (Lipinski definition) is 1. The Morgan fingerprint density at radius 3 is 2.24 bits per heavy atom. The average Bonchev–Trinajstić information content (AvgIpc) is 2.92. The van der Waals surface area contributed by atoms with Crippen molar-refractivity contribution in [2.45, 2.75) is 31.5 Å². The minimum Gasteiger partial charge on any atom is -0.481 e. The van der Waals surface area contributed by atoms with Crippen molar-refractivity contribution >= 4 is 17.8 Å². The fourth-order valence-electron chi connectivity index (χ4n) is 3.20. The minimum absolute atomic E-state index is 0.0144. The van der Waals surface area contributed by atoms with Crippen LogP contribution in [0.5, 0.6) is 0 Å². The van der Waals surface area contributed by atoms with Crippen LogP contribution < -0.4 is 0 Å². The van der Waals surface area contributed by atoms with Gasteiger partial charge in [0.1, 0.15) is 0 Å². The highest BCUT2D eigenvalue weighted by molar-refractivity contribution is 6.06. The molecule has 6 heteroatoms. The monoisotopic (exact) mass is 239 g/mol. The average molecular weight is 239 g/mol. The third kappa shape index (κ3) is 1.40. The first-order valence-corrected chi connectivity index (χ1v) is 5.82. The van der Waals surface area contributed by atoms with Gasteiger partial charge >= 0.3 is 5.97 Å². The van der Waals surface area contributed by atoms with Crippen molar-refractivity contribution in [2.75, 3.05) is 6.54 Å². The molecule has 0 radical (unpaired) electrons. The molecule has 2 amide bonds. The molecule has 0 aromatic heterocycles. The number of carbonyl (C=O) groups excluding carboxylic acids is 2. The maximum atomic E-state index is 12.0. The van der Waals surface area contributed by atoms with Gasteiger partial charge in [0, 0.05) is 6.54 Å². The predicted molar refractivity (Wildman–Crippen MR) is 53.8 cm³/mol. The maximum Gasteiger partial charge on any atom is 0.305 e. The van der Waals surface area contributed by atoms with Crippen molar-refractivity contribution in [3.05, 3.63) is 0 Å². The van der Waals surface area contributed by atoms with Gasteiger partial charge < -0.3 is 9.84 Å². The Hall–Kier alpha value is -1.43. The first-order chi connectivity index (χ1) is 8.09. The van der Waals surface area contributed by atoms with Crippen LogP contribution in [0.4, 0.5) is 0 Å². The lowest BCUT2D eigenvalue weighted by molar-refractivity contribution is -0.144. The number of fused-ring (bicyclic) bond motifs is 5. The minimum atomic E-state index is -0.998. The van der Waals surface area contributed by atoms with Gasteiger partial charge in [0.05, 0.1) is 30.5 Å². The van der Waals surface area contributed by atoms with Gasteiger partial charge in [0.25, 0.3) is 0 Å². The molecular formula is C11H13NO5. The van der Waals surface area contributed by atoms with Gasteiger partial charge in [-0.3, -0.25) is 19.3 Å². The Bertz CT molecular complexity index is 379. The van der Waals surface area contributed by atoms with E-state index in [1.54, 1.807) is 0 Å². The highest BCUT2D eigenvalue weighted by atomic mass is 16.5. The van der Waals surface area contributed by atoms with E-state index in [1.165, 1.54) is 0 Å². The summed E-state index contributed by atoms with van der Waals surface area (Å²) in [6.07, 6.45) is 1.22. The van der Waals surface area contributed by atoms with E-state index in [0.29, 0.717) is 0 Å². The number of carboxylic acid groups (broad SMARTS) is 1. The molecular weight excluding hydrogens is 226 g/mol. The lowest BCUT2D eigenvalue weighted by atomic mass is 9.81. The predicted octanol–water partition coefficient (Wildman–Crippen LogP) is -0.377. The van der Waals surface area contributed by atoms with Crippen LogP contribution in [-0.4, -0.2) is 46.5 Å². The summed E-state index contributed by atoms with van der Waals surface area (Å²) in [5.41, 5.74) is 0. The van der Waals surface area contributed by atoms with Gasteiger partial charge in [-0.1, -0.05) is 0 Å². The van der Waals surface area contributed by atoms with Gasteiger partial charge in [0.15, 0.2) is 0 Å². The number of ether oxygens (including phenoxy) is 1. The molecule has 17 heavy (non-hydrogen) atoms. The van der Waals surface area contributed by atoms with Crippen molar-refractivity contribution in [3.63, 3.8) is 0 Å². The Balaban J connectivity index is 1.78. The number of carboxylic acids is 1. The van der Waals surface area contributed by atoms with E-state index in [-0.39, 0.29) is 48.8 Å². The Morgan fingerprint density at radius 2 is 1.76 bits per heavy atom. The van der Waals surface area contributed by atoms with Gasteiger partial charge in [-0.05, 0) is 12.8 Å². The van der Waals surface area contributed by atoms with Crippen LogP contribution in [0.25, 0.3) is 0 Å². The first kappa shape index (κ1) is 10.7. The largest absolute Gasteiger partial charge is 0.481 e. The molecule has 0 unspecified atom stereocenters. The molecule has 3 aliphatic rings. The summed E-state index contributed by atoms with van der Waals surface area (Å²) in [7, 11) is 0. The fraction of sp³-hybridized carbons (Fsp3) is 0.727. The second kappa shape index (κ2) is 3.53. The molecule has 0 spiro atoms. The number of likely N-dealkylation sites (tertiary alicyclic amines) is 1. The molecule has 3 aliphatic heterocycles. The van der Waals surface area contributed by atoms with E-state index >= 15 is 0 Å². The van der Waals surface area contributed by atoms with Gasteiger partial charge in [-0.25, -0.2) is 0 Å². The Kier molecular flexibility index (Phi) is 2.22. The first-order valence-electron chi connectivity index (χ1n) is 5.82. The van der Waals surface area contributed by atoms with Gasteiger partial charge in [0.2, 0.25) is 11.8 Å². The maximum absolute atomic E-state index is 12.0. The molecule has 3 heterocycles. The summed E-state index contributed by atoms with van der Waals surface area (Å²) in [5.74, 6) is -2.19. The Morgan fingerprint density at radius 1 is 1.24 bits per heavy atom. The topological polar surface area (TPSA) is 83.9 Å². The normalized spacial score (nSPS) is 38.9. The zero-order chi connectivity index (χ0) is 12.2. The molecule has 0 aliphatic carbocycles. The third-order valence-corrected chi connectivity index (χ3v) is 3.92. The number of carbonyl (C=O) groups is 3. The van der Waals surface area contributed by atoms with E-state index < -0.39 is 5.97 Å². The Labute approximate surface area is 97.5 Å². The van der Waals surface area contributed by atoms with Crippen molar-refractivity contribution in [1.82, 2.24) is 4.90 Å². The van der Waals surface area contributed by atoms with Crippen LogP contribution in [-0.2, 0) is 19.1 Å². The van der Waals surface area contributed by atoms with Crippen LogP contribution in [0.3, 0.4) is 0 Å². The number of hydrogen-bond acceptors (Lipinski definition) is 4. The van der Waals surface area contributed by atoms with Crippen LogP contribution in [0.2, 0.25) is 0 Å². The van der Waals surface area contributed by atoms with Crippen LogP contribution >= 0.6 is 0 Å². The second-order valence-electron chi connectivity index (χ2n) is 4.81. The summed E-state index contributed by atoms with van der Waals surface area (Å²) in [6.45, 7) is -0.0144. The summed E-state index contributed by atoms with van der Waals surface area (Å²) in [5, 5.41) is 8.59.